The van der Waals surface area contributed by atoms with Crippen LogP contribution < -0.4 is 10.2 Å². The highest BCUT2D eigenvalue weighted by molar-refractivity contribution is 7.92. The first-order valence-electron chi connectivity index (χ1n) is 10.1. The molecule has 1 unspecified atom stereocenters. The van der Waals surface area contributed by atoms with Gasteiger partial charge < -0.3 is 9.32 Å². The lowest BCUT2D eigenvalue weighted by atomic mass is 10.1. The van der Waals surface area contributed by atoms with Gasteiger partial charge >= 0.3 is 6.01 Å². The number of benzene rings is 2. The van der Waals surface area contributed by atoms with Gasteiger partial charge in [-0.05, 0) is 44.2 Å². The van der Waals surface area contributed by atoms with Crippen molar-refractivity contribution >= 4 is 33.4 Å². The quantitative estimate of drug-likeness (QED) is 0.607. The van der Waals surface area contributed by atoms with E-state index in [0.717, 1.165) is 5.69 Å². The van der Waals surface area contributed by atoms with E-state index < -0.39 is 21.0 Å². The molecule has 1 N–H and O–H groups in total. The highest BCUT2D eigenvalue weighted by Gasteiger charge is 2.35. The number of carbonyl (C=O) groups is 2. The molecule has 0 bridgehead atoms. The average molecular weight is 455 g/mol. The Morgan fingerprint density at radius 3 is 2.59 bits per heavy atom. The van der Waals surface area contributed by atoms with E-state index in [2.05, 4.69) is 15.5 Å². The summed E-state index contributed by atoms with van der Waals surface area (Å²) < 4.78 is 30.3. The number of hydrogen-bond donors (Lipinski definition) is 1. The molecular weight excluding hydrogens is 432 g/mol. The zero-order valence-electron chi connectivity index (χ0n) is 17.6. The zero-order chi connectivity index (χ0) is 22.9. The van der Waals surface area contributed by atoms with Crippen LogP contribution in [0.5, 0.6) is 0 Å². The summed E-state index contributed by atoms with van der Waals surface area (Å²) in [7, 11) is -3.51. The highest BCUT2D eigenvalue weighted by Crippen LogP contribution is 2.31. The molecule has 2 aromatic carbocycles. The number of rotatable bonds is 6. The van der Waals surface area contributed by atoms with Crippen molar-refractivity contribution in [2.45, 2.75) is 36.3 Å². The molecule has 0 radical (unpaired) electrons. The van der Waals surface area contributed by atoms with E-state index in [0.29, 0.717) is 6.54 Å². The lowest BCUT2D eigenvalue weighted by Gasteiger charge is -2.15. The summed E-state index contributed by atoms with van der Waals surface area (Å²) in [6, 6.07) is 15.0. The Kier molecular flexibility index (Phi) is 5.79. The van der Waals surface area contributed by atoms with Gasteiger partial charge in [-0.1, -0.05) is 29.4 Å². The third kappa shape index (κ3) is 4.26. The molecule has 1 aliphatic rings. The molecule has 1 fully saturated rings. The molecule has 2 heterocycles. The second-order valence-electron chi connectivity index (χ2n) is 7.76. The minimum atomic E-state index is -3.51. The fraction of sp³-hybridized carbons (Fsp3) is 0.273. The van der Waals surface area contributed by atoms with Gasteiger partial charge in [0.15, 0.2) is 9.84 Å². The third-order valence-corrected chi connectivity index (χ3v) is 7.40. The normalized spacial score (nSPS) is 16.5. The first-order chi connectivity index (χ1) is 15.3. The molecule has 0 saturated carbocycles. The lowest BCUT2D eigenvalue weighted by Crippen LogP contribution is -2.24. The molecule has 0 spiro atoms. The maximum absolute atomic E-state index is 12.6. The van der Waals surface area contributed by atoms with E-state index in [-0.39, 0.29) is 40.6 Å². The van der Waals surface area contributed by atoms with E-state index in [1.165, 1.54) is 24.3 Å². The summed E-state index contributed by atoms with van der Waals surface area (Å²) in [6.07, 6.45) is 0.222. The summed E-state index contributed by atoms with van der Waals surface area (Å²) in [5.41, 5.74) is 0.946. The minimum Gasteiger partial charge on any atom is -0.407 e. The van der Waals surface area contributed by atoms with Crippen LogP contribution in [0.2, 0.25) is 0 Å². The number of amides is 2. The molecule has 3 aromatic rings. The maximum atomic E-state index is 12.6. The number of nitrogens with one attached hydrogen (secondary N) is 1. The van der Waals surface area contributed by atoms with Crippen molar-refractivity contribution in [3.63, 3.8) is 0 Å². The number of carbonyl (C=O) groups excluding carboxylic acids is 2. The molecule has 32 heavy (non-hydrogen) atoms. The molecule has 1 saturated heterocycles. The SMILES string of the molecule is CC(C)S(=O)(=O)c1cccc(C(=O)Nc2nnc(C3CC(=O)N(c4ccccc4)C3)o2)c1. The number of sulfone groups is 1. The Morgan fingerprint density at radius 1 is 1.12 bits per heavy atom. The predicted octanol–water partition coefficient (Wildman–Crippen LogP) is 3.02. The summed E-state index contributed by atoms with van der Waals surface area (Å²) in [4.78, 5) is 26.7. The fourth-order valence-corrected chi connectivity index (χ4v) is 4.54. The van der Waals surface area contributed by atoms with Gasteiger partial charge in [0.25, 0.3) is 5.91 Å². The molecule has 10 heteroatoms. The summed E-state index contributed by atoms with van der Waals surface area (Å²) in [5.74, 6) is -0.661. The standard InChI is InChI=1S/C22H22N4O5S/c1-14(2)32(29,30)18-10-6-7-15(11-18)20(28)23-22-25-24-21(31-22)16-12-19(27)26(13-16)17-8-4-3-5-9-17/h3-11,14,16H,12-13H2,1-2H3,(H,23,25,28). The smallest absolute Gasteiger partial charge is 0.322 e. The van der Waals surface area contributed by atoms with Crippen LogP contribution in [0, 0.1) is 0 Å². The first kappa shape index (κ1) is 21.7. The van der Waals surface area contributed by atoms with Crippen LogP contribution in [0.4, 0.5) is 11.7 Å². The number of nitrogens with zero attached hydrogens (tertiary/aromatic N) is 3. The Bertz CT molecular complexity index is 1250. The number of hydrogen-bond acceptors (Lipinski definition) is 7. The lowest BCUT2D eigenvalue weighted by molar-refractivity contribution is -0.117. The highest BCUT2D eigenvalue weighted by atomic mass is 32.2. The minimum absolute atomic E-state index is 0.0480. The molecule has 1 aromatic heterocycles. The van der Waals surface area contributed by atoms with E-state index in [1.807, 2.05) is 30.3 Å². The summed E-state index contributed by atoms with van der Waals surface area (Å²) in [6.45, 7) is 3.55. The Labute approximate surface area is 185 Å². The van der Waals surface area contributed by atoms with Crippen molar-refractivity contribution in [3.05, 3.63) is 66.1 Å². The molecule has 166 valence electrons. The van der Waals surface area contributed by atoms with E-state index in [1.54, 1.807) is 18.7 Å². The van der Waals surface area contributed by atoms with Crippen molar-refractivity contribution in [1.82, 2.24) is 10.2 Å². The number of para-hydroxylation sites is 1. The van der Waals surface area contributed by atoms with Crippen LogP contribution in [0.15, 0.2) is 63.9 Å². The van der Waals surface area contributed by atoms with Gasteiger partial charge in [0.2, 0.25) is 11.8 Å². The summed E-state index contributed by atoms with van der Waals surface area (Å²) >= 11 is 0. The van der Waals surface area contributed by atoms with Crippen LogP contribution in [-0.4, -0.2) is 42.2 Å². The van der Waals surface area contributed by atoms with Gasteiger partial charge in [0, 0.05) is 24.2 Å². The third-order valence-electron chi connectivity index (χ3n) is 5.25. The van der Waals surface area contributed by atoms with Gasteiger partial charge in [-0.2, -0.15) is 0 Å². The maximum Gasteiger partial charge on any atom is 0.322 e. The van der Waals surface area contributed by atoms with Crippen LogP contribution in [0.25, 0.3) is 0 Å². The molecular formula is C22H22N4O5S. The van der Waals surface area contributed by atoms with E-state index in [4.69, 9.17) is 4.42 Å². The molecule has 1 atom stereocenters. The van der Waals surface area contributed by atoms with Crippen LogP contribution in [0.3, 0.4) is 0 Å². The van der Waals surface area contributed by atoms with Crippen LogP contribution in [-0.2, 0) is 14.6 Å². The predicted molar refractivity (Wildman–Crippen MR) is 117 cm³/mol. The second kappa shape index (κ2) is 8.54. The van der Waals surface area contributed by atoms with Crippen molar-refractivity contribution in [2.75, 3.05) is 16.8 Å². The monoisotopic (exact) mass is 454 g/mol. The summed E-state index contributed by atoms with van der Waals surface area (Å²) in [5, 5.41) is 9.72. The van der Waals surface area contributed by atoms with Gasteiger partial charge in [-0.3, -0.25) is 14.9 Å². The van der Waals surface area contributed by atoms with Crippen molar-refractivity contribution in [1.29, 1.82) is 0 Å². The van der Waals surface area contributed by atoms with Gasteiger partial charge in [0.1, 0.15) is 0 Å². The van der Waals surface area contributed by atoms with Crippen molar-refractivity contribution < 1.29 is 22.4 Å². The first-order valence-corrected chi connectivity index (χ1v) is 11.6. The molecule has 4 rings (SSSR count). The second-order valence-corrected chi connectivity index (χ2v) is 10.3. The molecule has 9 nitrogen and oxygen atoms in total. The molecule has 0 aliphatic carbocycles. The van der Waals surface area contributed by atoms with Gasteiger partial charge in [-0.15, -0.1) is 5.10 Å². The zero-order valence-corrected chi connectivity index (χ0v) is 18.4. The Hall–Kier alpha value is -3.53. The van der Waals surface area contributed by atoms with Crippen LogP contribution >= 0.6 is 0 Å². The van der Waals surface area contributed by atoms with E-state index >= 15 is 0 Å². The number of anilines is 2. The van der Waals surface area contributed by atoms with Crippen molar-refractivity contribution in [3.8, 4) is 0 Å². The topological polar surface area (TPSA) is 122 Å². The fourth-order valence-electron chi connectivity index (χ4n) is 3.44. The number of aromatic nitrogens is 2. The van der Waals surface area contributed by atoms with Crippen LogP contribution in [0.1, 0.15) is 42.4 Å². The van der Waals surface area contributed by atoms with Gasteiger partial charge in [0.05, 0.1) is 16.1 Å². The Balaban J connectivity index is 1.46. The Morgan fingerprint density at radius 2 is 1.88 bits per heavy atom. The largest absolute Gasteiger partial charge is 0.407 e. The van der Waals surface area contributed by atoms with E-state index in [9.17, 15) is 18.0 Å². The van der Waals surface area contributed by atoms with Crippen molar-refractivity contribution in [2.24, 2.45) is 0 Å². The molecule has 2 amide bonds. The molecule has 1 aliphatic heterocycles. The average Bonchev–Trinajstić information content (AvgIpc) is 3.40. The van der Waals surface area contributed by atoms with Gasteiger partial charge in [-0.25, -0.2) is 8.42 Å².